The van der Waals surface area contributed by atoms with Crippen molar-refractivity contribution in [3.05, 3.63) is 12.4 Å². The van der Waals surface area contributed by atoms with Crippen molar-refractivity contribution in [2.24, 2.45) is 0 Å². The van der Waals surface area contributed by atoms with Crippen LogP contribution >= 0.6 is 0 Å². The summed E-state index contributed by atoms with van der Waals surface area (Å²) in [6.07, 6.45) is 7.83. The summed E-state index contributed by atoms with van der Waals surface area (Å²) in [5.41, 5.74) is 0. The second-order valence-corrected chi connectivity index (χ2v) is 6.70. The van der Waals surface area contributed by atoms with E-state index in [2.05, 4.69) is 37.8 Å². The molecule has 1 aromatic rings. The van der Waals surface area contributed by atoms with Gasteiger partial charge >= 0.3 is 0 Å². The van der Waals surface area contributed by atoms with Gasteiger partial charge in [0.05, 0.1) is 6.61 Å². The normalized spacial score (nSPS) is 20.3. The first-order valence-electron chi connectivity index (χ1n) is 8.91. The highest BCUT2D eigenvalue weighted by Gasteiger charge is 2.23. The zero-order valence-corrected chi connectivity index (χ0v) is 14.2. The number of anilines is 2. The first kappa shape index (κ1) is 16.5. The van der Waals surface area contributed by atoms with Crippen molar-refractivity contribution >= 4 is 11.6 Å². The molecule has 0 bridgehead atoms. The van der Waals surface area contributed by atoms with E-state index in [1.165, 1.54) is 19.3 Å². The van der Waals surface area contributed by atoms with Gasteiger partial charge < -0.3 is 19.8 Å². The third-order valence-electron chi connectivity index (χ3n) is 5.18. The fourth-order valence-electron chi connectivity index (χ4n) is 3.68. The Morgan fingerprint density at radius 1 is 1.04 bits per heavy atom. The molecule has 2 aliphatic heterocycles. The minimum absolute atomic E-state index is 0.238. The molecule has 1 N–H and O–H groups in total. The zero-order valence-electron chi connectivity index (χ0n) is 14.2. The lowest BCUT2D eigenvalue weighted by molar-refractivity contribution is 0.161. The van der Waals surface area contributed by atoms with E-state index in [0.29, 0.717) is 6.04 Å². The molecule has 0 spiro atoms. The largest absolute Gasteiger partial charge is 0.395 e. The average Bonchev–Trinajstić information content (AvgIpc) is 2.63. The first-order chi connectivity index (χ1) is 11.3. The molecule has 2 saturated heterocycles. The Balaban J connectivity index is 1.60. The number of hydrogen-bond donors (Lipinski definition) is 1. The number of piperidine rings is 2. The van der Waals surface area contributed by atoms with Crippen molar-refractivity contribution in [2.45, 2.75) is 38.1 Å². The summed E-state index contributed by atoms with van der Waals surface area (Å²) in [5.74, 6) is 2.14. The van der Waals surface area contributed by atoms with Crippen LogP contribution in [0.15, 0.2) is 12.4 Å². The van der Waals surface area contributed by atoms with Gasteiger partial charge in [0, 0.05) is 44.8 Å². The summed E-state index contributed by atoms with van der Waals surface area (Å²) in [5, 5.41) is 9.08. The lowest BCUT2D eigenvalue weighted by atomic mass is 10.0. The van der Waals surface area contributed by atoms with Gasteiger partial charge in [-0.05, 0) is 39.2 Å². The second kappa shape index (κ2) is 7.93. The molecule has 0 saturated carbocycles. The van der Waals surface area contributed by atoms with E-state index in [0.717, 1.165) is 57.2 Å². The van der Waals surface area contributed by atoms with Gasteiger partial charge in [-0.15, -0.1) is 0 Å². The van der Waals surface area contributed by atoms with E-state index in [1.807, 2.05) is 0 Å². The summed E-state index contributed by atoms with van der Waals surface area (Å²) in [6, 6.07) is 2.73. The number of aliphatic hydroxyl groups is 1. The van der Waals surface area contributed by atoms with Crippen molar-refractivity contribution in [2.75, 3.05) is 56.2 Å². The van der Waals surface area contributed by atoms with Crippen LogP contribution in [0.2, 0.25) is 0 Å². The van der Waals surface area contributed by atoms with Crippen LogP contribution in [-0.2, 0) is 0 Å². The van der Waals surface area contributed by atoms with Crippen molar-refractivity contribution < 1.29 is 5.11 Å². The average molecular weight is 319 g/mol. The number of likely N-dealkylation sites (N-methyl/N-ethyl adjacent to an activating group) is 1. The minimum Gasteiger partial charge on any atom is -0.395 e. The highest BCUT2D eigenvalue weighted by atomic mass is 16.3. The van der Waals surface area contributed by atoms with Gasteiger partial charge in [-0.2, -0.15) is 0 Å². The Bertz CT molecular complexity index is 484. The van der Waals surface area contributed by atoms with E-state index in [-0.39, 0.29) is 6.61 Å². The number of aromatic nitrogens is 2. The Kier molecular flexibility index (Phi) is 5.67. The maximum Gasteiger partial charge on any atom is 0.134 e. The van der Waals surface area contributed by atoms with Gasteiger partial charge in [0.2, 0.25) is 0 Å². The van der Waals surface area contributed by atoms with Crippen LogP contribution in [0.25, 0.3) is 0 Å². The van der Waals surface area contributed by atoms with Crippen LogP contribution in [0.3, 0.4) is 0 Å². The lowest BCUT2D eigenvalue weighted by Gasteiger charge is -2.37. The fraction of sp³-hybridized carbons (Fsp3) is 0.765. The van der Waals surface area contributed by atoms with Gasteiger partial charge in [0.25, 0.3) is 0 Å². The topological polar surface area (TPSA) is 55.7 Å². The van der Waals surface area contributed by atoms with Gasteiger partial charge in [0.15, 0.2) is 0 Å². The van der Waals surface area contributed by atoms with Crippen LogP contribution < -0.4 is 9.80 Å². The van der Waals surface area contributed by atoms with Crippen LogP contribution in [0.1, 0.15) is 32.1 Å². The third kappa shape index (κ3) is 4.12. The van der Waals surface area contributed by atoms with Gasteiger partial charge in [-0.1, -0.05) is 0 Å². The van der Waals surface area contributed by atoms with Crippen molar-refractivity contribution in [1.29, 1.82) is 0 Å². The van der Waals surface area contributed by atoms with Crippen molar-refractivity contribution in [3.63, 3.8) is 0 Å². The van der Waals surface area contributed by atoms with Crippen LogP contribution in [0.4, 0.5) is 11.6 Å². The van der Waals surface area contributed by atoms with E-state index >= 15 is 0 Å². The zero-order chi connectivity index (χ0) is 16.1. The maximum atomic E-state index is 9.08. The number of nitrogens with zero attached hydrogens (tertiary/aromatic N) is 5. The molecule has 6 heteroatoms. The molecule has 128 valence electrons. The Morgan fingerprint density at radius 3 is 2.26 bits per heavy atom. The van der Waals surface area contributed by atoms with E-state index in [1.54, 1.807) is 6.33 Å². The van der Waals surface area contributed by atoms with Gasteiger partial charge in [-0.25, -0.2) is 9.97 Å². The Morgan fingerprint density at radius 2 is 1.65 bits per heavy atom. The predicted molar refractivity (Wildman–Crippen MR) is 93.0 cm³/mol. The lowest BCUT2D eigenvalue weighted by Crippen LogP contribution is -2.44. The van der Waals surface area contributed by atoms with Crippen LogP contribution in [0, 0.1) is 0 Å². The summed E-state index contributed by atoms with van der Waals surface area (Å²) < 4.78 is 0. The first-order valence-corrected chi connectivity index (χ1v) is 8.91. The van der Waals surface area contributed by atoms with E-state index < -0.39 is 0 Å². The Hall–Kier alpha value is -1.40. The van der Waals surface area contributed by atoms with Crippen LogP contribution in [0.5, 0.6) is 0 Å². The van der Waals surface area contributed by atoms with Crippen molar-refractivity contribution in [3.8, 4) is 0 Å². The molecule has 3 rings (SSSR count). The molecule has 0 amide bonds. The molecular formula is C17H29N5O. The highest BCUT2D eigenvalue weighted by molar-refractivity contribution is 5.50. The summed E-state index contributed by atoms with van der Waals surface area (Å²) in [4.78, 5) is 16.0. The quantitative estimate of drug-likeness (QED) is 0.884. The maximum absolute atomic E-state index is 9.08. The summed E-state index contributed by atoms with van der Waals surface area (Å²) in [7, 11) is 2.11. The highest BCUT2D eigenvalue weighted by Crippen LogP contribution is 2.24. The molecule has 3 heterocycles. The molecule has 2 aliphatic rings. The summed E-state index contributed by atoms with van der Waals surface area (Å²) >= 11 is 0. The third-order valence-corrected chi connectivity index (χ3v) is 5.18. The molecule has 23 heavy (non-hydrogen) atoms. The minimum atomic E-state index is 0.238. The van der Waals surface area contributed by atoms with Crippen LogP contribution in [-0.4, -0.2) is 72.4 Å². The fourth-order valence-corrected chi connectivity index (χ4v) is 3.68. The molecular weight excluding hydrogens is 290 g/mol. The van der Waals surface area contributed by atoms with E-state index in [4.69, 9.17) is 5.11 Å². The molecule has 0 radical (unpaired) electrons. The SMILES string of the molecule is CN(CCO)C1CCN(c2cc(N3CCCCC3)ncn2)CC1. The number of hydrogen-bond acceptors (Lipinski definition) is 6. The molecule has 0 atom stereocenters. The standard InChI is InChI=1S/C17H29N5O/c1-20(11-12-23)15-5-9-22(10-6-15)17-13-16(18-14-19-17)21-7-3-2-4-8-21/h13-15,23H,2-12H2,1H3. The molecule has 2 fully saturated rings. The number of aliphatic hydroxyl groups excluding tert-OH is 1. The van der Waals surface area contributed by atoms with Gasteiger partial charge in [0.1, 0.15) is 18.0 Å². The smallest absolute Gasteiger partial charge is 0.134 e. The molecule has 6 nitrogen and oxygen atoms in total. The molecule has 0 aliphatic carbocycles. The molecule has 0 aromatic carbocycles. The summed E-state index contributed by atoms with van der Waals surface area (Å²) in [6.45, 7) is 5.28. The number of rotatable bonds is 5. The Labute approximate surface area is 139 Å². The molecule has 0 unspecified atom stereocenters. The predicted octanol–water partition coefficient (Wildman–Crippen LogP) is 1.36. The van der Waals surface area contributed by atoms with Gasteiger partial charge in [-0.3, -0.25) is 0 Å². The van der Waals surface area contributed by atoms with E-state index in [9.17, 15) is 0 Å². The molecule has 1 aromatic heterocycles. The monoisotopic (exact) mass is 319 g/mol. The second-order valence-electron chi connectivity index (χ2n) is 6.70. The van der Waals surface area contributed by atoms with Crippen molar-refractivity contribution in [1.82, 2.24) is 14.9 Å².